The summed E-state index contributed by atoms with van der Waals surface area (Å²) in [5.74, 6) is 1.29. The first-order chi connectivity index (χ1) is 10.1. The third-order valence-corrected chi connectivity index (χ3v) is 3.72. The van der Waals surface area contributed by atoms with Crippen molar-refractivity contribution in [1.29, 1.82) is 0 Å². The Morgan fingerprint density at radius 2 is 2.00 bits per heavy atom. The number of nitrogens with zero attached hydrogens (tertiary/aromatic N) is 3. The van der Waals surface area contributed by atoms with Gasteiger partial charge in [0.05, 0.1) is 18.1 Å². The molecule has 2 aromatic heterocycles. The summed E-state index contributed by atoms with van der Waals surface area (Å²) in [5.41, 5.74) is 7.17. The van der Waals surface area contributed by atoms with E-state index in [-0.39, 0.29) is 5.91 Å². The average molecular weight is 286 g/mol. The molecular formula is C15H18N4O2. The molecule has 110 valence electrons. The van der Waals surface area contributed by atoms with E-state index in [1.54, 1.807) is 12.5 Å². The van der Waals surface area contributed by atoms with Crippen molar-refractivity contribution >= 4 is 17.4 Å². The third-order valence-electron chi connectivity index (χ3n) is 3.72. The van der Waals surface area contributed by atoms with Gasteiger partial charge in [0.1, 0.15) is 5.82 Å². The lowest BCUT2D eigenvalue weighted by Crippen LogP contribution is -2.49. The first kappa shape index (κ1) is 13.5. The summed E-state index contributed by atoms with van der Waals surface area (Å²) in [4.78, 5) is 20.6. The van der Waals surface area contributed by atoms with Crippen molar-refractivity contribution in [3.63, 3.8) is 0 Å². The Balaban J connectivity index is 1.64. The second-order valence-corrected chi connectivity index (χ2v) is 5.16. The number of hydrogen-bond acceptors (Lipinski definition) is 5. The summed E-state index contributed by atoms with van der Waals surface area (Å²) in [5, 5.41) is 0. The number of aromatic nitrogens is 1. The van der Waals surface area contributed by atoms with Gasteiger partial charge in [0, 0.05) is 31.7 Å². The van der Waals surface area contributed by atoms with Crippen LogP contribution in [0.15, 0.2) is 35.1 Å². The molecule has 2 aromatic rings. The van der Waals surface area contributed by atoms with Crippen molar-refractivity contribution in [3.05, 3.63) is 42.0 Å². The van der Waals surface area contributed by atoms with E-state index in [4.69, 9.17) is 10.2 Å². The highest BCUT2D eigenvalue weighted by Crippen LogP contribution is 2.17. The predicted molar refractivity (Wildman–Crippen MR) is 80.2 cm³/mol. The molecule has 0 aromatic carbocycles. The second kappa shape index (κ2) is 5.47. The number of carbonyl (C=O) groups excluding carboxylic acids is 1. The Bertz CT molecular complexity index is 627. The minimum atomic E-state index is -0.0394. The van der Waals surface area contributed by atoms with Crippen LogP contribution in [-0.2, 0) is 0 Å². The number of piperazine rings is 1. The van der Waals surface area contributed by atoms with Crippen LogP contribution >= 0.6 is 0 Å². The number of carbonyl (C=O) groups is 1. The number of amides is 1. The number of nitrogens with two attached hydrogens (primary N) is 1. The van der Waals surface area contributed by atoms with E-state index in [1.807, 2.05) is 30.0 Å². The second-order valence-electron chi connectivity index (χ2n) is 5.16. The molecule has 1 amide bonds. The van der Waals surface area contributed by atoms with Crippen LogP contribution in [0.5, 0.6) is 0 Å². The van der Waals surface area contributed by atoms with Crippen molar-refractivity contribution in [2.45, 2.75) is 6.92 Å². The molecule has 0 radical (unpaired) electrons. The summed E-state index contributed by atoms with van der Waals surface area (Å²) < 4.78 is 5.27. The molecule has 6 heteroatoms. The Morgan fingerprint density at radius 3 is 2.57 bits per heavy atom. The zero-order valence-electron chi connectivity index (χ0n) is 12.0. The highest BCUT2D eigenvalue weighted by atomic mass is 16.3. The van der Waals surface area contributed by atoms with Crippen molar-refractivity contribution in [2.75, 3.05) is 36.8 Å². The molecule has 1 saturated heterocycles. The molecule has 0 bridgehead atoms. The zero-order valence-corrected chi connectivity index (χ0v) is 12.0. The van der Waals surface area contributed by atoms with Gasteiger partial charge >= 0.3 is 0 Å². The molecule has 0 atom stereocenters. The van der Waals surface area contributed by atoms with Crippen LogP contribution in [0, 0.1) is 6.92 Å². The Hall–Kier alpha value is -2.50. The van der Waals surface area contributed by atoms with Gasteiger partial charge < -0.3 is 20.0 Å². The van der Waals surface area contributed by atoms with E-state index >= 15 is 0 Å². The molecule has 2 N–H and O–H groups in total. The molecule has 1 fully saturated rings. The minimum absolute atomic E-state index is 0.0394. The summed E-state index contributed by atoms with van der Waals surface area (Å²) in [6.07, 6.45) is 3.20. The lowest BCUT2D eigenvalue weighted by molar-refractivity contribution is 0.0713. The first-order valence-electron chi connectivity index (χ1n) is 6.95. The van der Waals surface area contributed by atoms with Crippen LogP contribution < -0.4 is 10.6 Å². The lowest BCUT2D eigenvalue weighted by atomic mass is 10.2. The fourth-order valence-electron chi connectivity index (χ4n) is 2.46. The summed E-state index contributed by atoms with van der Waals surface area (Å²) in [7, 11) is 0. The van der Waals surface area contributed by atoms with Gasteiger partial charge in [-0.1, -0.05) is 0 Å². The van der Waals surface area contributed by atoms with Gasteiger partial charge in [0.15, 0.2) is 5.76 Å². The first-order valence-corrected chi connectivity index (χ1v) is 6.95. The van der Waals surface area contributed by atoms with Crippen LogP contribution in [0.25, 0.3) is 0 Å². The maximum absolute atomic E-state index is 12.4. The summed E-state index contributed by atoms with van der Waals surface area (Å²) in [6, 6.07) is 5.55. The smallest absolute Gasteiger partial charge is 0.289 e. The van der Waals surface area contributed by atoms with E-state index in [0.717, 1.165) is 24.5 Å². The zero-order chi connectivity index (χ0) is 14.8. The number of aryl methyl sites for hydroxylation is 1. The highest BCUT2D eigenvalue weighted by molar-refractivity contribution is 5.93. The minimum Gasteiger partial charge on any atom is -0.459 e. The van der Waals surface area contributed by atoms with Crippen LogP contribution in [-0.4, -0.2) is 42.0 Å². The van der Waals surface area contributed by atoms with Crippen molar-refractivity contribution in [2.24, 2.45) is 0 Å². The van der Waals surface area contributed by atoms with Gasteiger partial charge in [-0.15, -0.1) is 0 Å². The number of nitrogen functional groups attached to an aromatic ring is 1. The Morgan fingerprint density at radius 1 is 1.24 bits per heavy atom. The Labute approximate surface area is 123 Å². The van der Waals surface area contributed by atoms with E-state index in [9.17, 15) is 4.79 Å². The van der Waals surface area contributed by atoms with Gasteiger partial charge in [-0.3, -0.25) is 4.79 Å². The topological polar surface area (TPSA) is 75.6 Å². The average Bonchev–Trinajstić information content (AvgIpc) is 2.94. The lowest BCUT2D eigenvalue weighted by Gasteiger charge is -2.35. The largest absolute Gasteiger partial charge is 0.459 e. The van der Waals surface area contributed by atoms with Crippen molar-refractivity contribution < 1.29 is 9.21 Å². The molecule has 21 heavy (non-hydrogen) atoms. The standard InChI is InChI=1S/C15H18N4O2/c1-11-4-9-21-14(11)15(20)19-7-5-18(6-8-19)13-3-2-12(16)10-17-13/h2-4,9-10H,5-8,16H2,1H3. The molecule has 0 saturated carbocycles. The summed E-state index contributed by atoms with van der Waals surface area (Å²) in [6.45, 7) is 4.70. The normalized spacial score (nSPS) is 15.3. The monoisotopic (exact) mass is 286 g/mol. The molecule has 0 unspecified atom stereocenters. The Kier molecular flexibility index (Phi) is 3.51. The van der Waals surface area contributed by atoms with Crippen molar-refractivity contribution in [3.8, 4) is 0 Å². The van der Waals surface area contributed by atoms with Gasteiger partial charge in [-0.2, -0.15) is 0 Å². The SMILES string of the molecule is Cc1ccoc1C(=O)N1CCN(c2ccc(N)cn2)CC1. The van der Waals surface area contributed by atoms with E-state index < -0.39 is 0 Å². The van der Waals surface area contributed by atoms with Crippen LogP contribution in [0.1, 0.15) is 16.1 Å². The quantitative estimate of drug-likeness (QED) is 0.906. The molecule has 3 heterocycles. The number of rotatable bonds is 2. The number of hydrogen-bond donors (Lipinski definition) is 1. The van der Waals surface area contributed by atoms with Crippen LogP contribution in [0.4, 0.5) is 11.5 Å². The predicted octanol–water partition coefficient (Wildman–Crippen LogP) is 1.53. The number of pyridine rings is 1. The number of anilines is 2. The van der Waals surface area contributed by atoms with Crippen molar-refractivity contribution in [1.82, 2.24) is 9.88 Å². The molecule has 1 aliphatic heterocycles. The van der Waals surface area contributed by atoms with Gasteiger partial charge in [-0.25, -0.2) is 4.98 Å². The van der Waals surface area contributed by atoms with E-state index in [1.165, 1.54) is 0 Å². The fourth-order valence-corrected chi connectivity index (χ4v) is 2.46. The van der Waals surface area contributed by atoms with Crippen LogP contribution in [0.3, 0.4) is 0 Å². The molecule has 3 rings (SSSR count). The molecule has 6 nitrogen and oxygen atoms in total. The van der Waals surface area contributed by atoms with Gasteiger partial charge in [0.2, 0.25) is 0 Å². The highest BCUT2D eigenvalue weighted by Gasteiger charge is 2.25. The summed E-state index contributed by atoms with van der Waals surface area (Å²) >= 11 is 0. The third kappa shape index (κ3) is 2.69. The van der Waals surface area contributed by atoms with Gasteiger partial charge in [0.25, 0.3) is 5.91 Å². The molecule has 0 spiro atoms. The molecular weight excluding hydrogens is 268 g/mol. The van der Waals surface area contributed by atoms with E-state index in [0.29, 0.717) is 24.5 Å². The fraction of sp³-hybridized carbons (Fsp3) is 0.333. The maximum atomic E-state index is 12.4. The maximum Gasteiger partial charge on any atom is 0.289 e. The molecule has 0 aliphatic carbocycles. The van der Waals surface area contributed by atoms with Gasteiger partial charge in [-0.05, 0) is 25.1 Å². The van der Waals surface area contributed by atoms with E-state index in [2.05, 4.69) is 9.88 Å². The molecule has 1 aliphatic rings. The van der Waals surface area contributed by atoms with Crippen LogP contribution in [0.2, 0.25) is 0 Å². The number of furan rings is 1.